The lowest BCUT2D eigenvalue weighted by atomic mass is 9.82. The Labute approximate surface area is 124 Å². The van der Waals surface area contributed by atoms with Gasteiger partial charge in [-0.15, -0.1) is 0 Å². The number of hydrogen-bond acceptors (Lipinski definition) is 3. The lowest BCUT2D eigenvalue weighted by Gasteiger charge is -2.26. The third-order valence-electron chi connectivity index (χ3n) is 3.89. The highest BCUT2D eigenvalue weighted by molar-refractivity contribution is 5.94. The highest BCUT2D eigenvalue weighted by Gasteiger charge is 2.35. The van der Waals surface area contributed by atoms with Gasteiger partial charge in [0.25, 0.3) is 5.91 Å². The zero-order valence-corrected chi connectivity index (χ0v) is 12.3. The van der Waals surface area contributed by atoms with Gasteiger partial charge in [-0.25, -0.2) is 0 Å². The summed E-state index contributed by atoms with van der Waals surface area (Å²) in [5.74, 6) is -1.19. The summed E-state index contributed by atoms with van der Waals surface area (Å²) in [6, 6.07) is 8.77. The van der Waals surface area contributed by atoms with Crippen LogP contribution < -0.4 is 5.32 Å². The first-order valence-corrected chi connectivity index (χ1v) is 6.96. The molecule has 0 aliphatic heterocycles. The fraction of sp³-hybridized carbons (Fsp3) is 0.438. The number of aliphatic carboxylic acids is 1. The van der Waals surface area contributed by atoms with Crippen molar-refractivity contribution in [2.24, 2.45) is 5.41 Å². The van der Waals surface area contributed by atoms with E-state index < -0.39 is 11.4 Å². The minimum absolute atomic E-state index is 0.105. The fourth-order valence-electron chi connectivity index (χ4n) is 2.09. The van der Waals surface area contributed by atoms with Crippen molar-refractivity contribution < 1.29 is 14.7 Å². The second-order valence-corrected chi connectivity index (χ2v) is 5.01. The van der Waals surface area contributed by atoms with E-state index in [1.165, 1.54) is 0 Å². The van der Waals surface area contributed by atoms with E-state index >= 15 is 0 Å². The van der Waals surface area contributed by atoms with Gasteiger partial charge in [0, 0.05) is 12.1 Å². The summed E-state index contributed by atoms with van der Waals surface area (Å²) in [6.07, 6.45) is 1.22. The molecule has 1 rings (SSSR count). The molecule has 2 N–H and O–H groups in total. The first-order chi connectivity index (χ1) is 9.99. The van der Waals surface area contributed by atoms with Gasteiger partial charge in [0.1, 0.15) is 0 Å². The second kappa shape index (κ2) is 7.44. The molecule has 0 saturated carbocycles. The SMILES string of the molecule is CCC(CC)(CNC(=O)c1ccc(CC#N)cc1)C(=O)O. The Morgan fingerprint density at radius 2 is 1.81 bits per heavy atom. The van der Waals surface area contributed by atoms with Crippen LogP contribution in [0.25, 0.3) is 0 Å². The summed E-state index contributed by atoms with van der Waals surface area (Å²) in [5, 5.41) is 20.6. The van der Waals surface area contributed by atoms with Crippen molar-refractivity contribution >= 4 is 11.9 Å². The predicted molar refractivity (Wildman–Crippen MR) is 78.7 cm³/mol. The number of hydrogen-bond donors (Lipinski definition) is 2. The molecular formula is C16H20N2O3. The van der Waals surface area contributed by atoms with Crippen LogP contribution in [0.1, 0.15) is 42.6 Å². The zero-order valence-electron chi connectivity index (χ0n) is 12.3. The molecule has 112 valence electrons. The van der Waals surface area contributed by atoms with Crippen LogP contribution in [0.4, 0.5) is 0 Å². The Hall–Kier alpha value is -2.35. The van der Waals surface area contributed by atoms with Crippen LogP contribution in [0.5, 0.6) is 0 Å². The van der Waals surface area contributed by atoms with Crippen molar-refractivity contribution in [1.29, 1.82) is 5.26 Å². The first-order valence-electron chi connectivity index (χ1n) is 6.96. The molecular weight excluding hydrogens is 268 g/mol. The Morgan fingerprint density at radius 3 is 2.24 bits per heavy atom. The van der Waals surface area contributed by atoms with E-state index in [4.69, 9.17) is 5.26 Å². The molecule has 0 aromatic heterocycles. The Morgan fingerprint density at radius 1 is 1.24 bits per heavy atom. The number of benzene rings is 1. The van der Waals surface area contributed by atoms with Crippen molar-refractivity contribution in [2.75, 3.05) is 6.54 Å². The number of carbonyl (C=O) groups is 2. The van der Waals surface area contributed by atoms with Crippen LogP contribution in [-0.2, 0) is 11.2 Å². The van der Waals surface area contributed by atoms with Crippen LogP contribution in [0.2, 0.25) is 0 Å². The van der Waals surface area contributed by atoms with Gasteiger partial charge in [-0.3, -0.25) is 9.59 Å². The van der Waals surface area contributed by atoms with Crippen LogP contribution in [0.15, 0.2) is 24.3 Å². The monoisotopic (exact) mass is 288 g/mol. The highest BCUT2D eigenvalue weighted by atomic mass is 16.4. The Balaban J connectivity index is 2.73. The van der Waals surface area contributed by atoms with Gasteiger partial charge in [-0.05, 0) is 30.5 Å². The molecule has 21 heavy (non-hydrogen) atoms. The van der Waals surface area contributed by atoms with E-state index in [9.17, 15) is 14.7 Å². The van der Waals surface area contributed by atoms with E-state index in [1.807, 2.05) is 6.07 Å². The number of carbonyl (C=O) groups excluding carboxylic acids is 1. The lowest BCUT2D eigenvalue weighted by molar-refractivity contribution is -0.149. The molecule has 0 spiro atoms. The average Bonchev–Trinajstić information content (AvgIpc) is 2.49. The van der Waals surface area contributed by atoms with E-state index in [0.29, 0.717) is 24.8 Å². The number of amides is 1. The minimum Gasteiger partial charge on any atom is -0.481 e. The molecule has 0 unspecified atom stereocenters. The van der Waals surface area contributed by atoms with Crippen LogP contribution >= 0.6 is 0 Å². The van der Waals surface area contributed by atoms with E-state index in [0.717, 1.165) is 5.56 Å². The summed E-state index contributed by atoms with van der Waals surface area (Å²) in [7, 11) is 0. The maximum absolute atomic E-state index is 12.0. The molecule has 5 nitrogen and oxygen atoms in total. The van der Waals surface area contributed by atoms with Gasteiger partial charge in [0.2, 0.25) is 0 Å². The molecule has 0 atom stereocenters. The van der Waals surface area contributed by atoms with Crippen LogP contribution in [0.3, 0.4) is 0 Å². The van der Waals surface area contributed by atoms with Gasteiger partial charge in [-0.2, -0.15) is 5.26 Å². The van der Waals surface area contributed by atoms with Crippen molar-refractivity contribution in [2.45, 2.75) is 33.1 Å². The van der Waals surface area contributed by atoms with Crippen molar-refractivity contribution in [3.05, 3.63) is 35.4 Å². The maximum atomic E-state index is 12.0. The lowest BCUT2D eigenvalue weighted by Crippen LogP contribution is -2.42. The third-order valence-corrected chi connectivity index (χ3v) is 3.89. The molecule has 1 aromatic carbocycles. The quantitative estimate of drug-likeness (QED) is 0.806. The van der Waals surface area contributed by atoms with Gasteiger partial charge in [-0.1, -0.05) is 26.0 Å². The zero-order chi connectivity index (χ0) is 15.9. The van der Waals surface area contributed by atoms with Gasteiger partial charge in [0.15, 0.2) is 0 Å². The van der Waals surface area contributed by atoms with Gasteiger partial charge < -0.3 is 10.4 Å². The molecule has 0 radical (unpaired) electrons. The number of carboxylic acid groups (broad SMARTS) is 1. The third kappa shape index (κ3) is 4.06. The van der Waals surface area contributed by atoms with Gasteiger partial charge in [0.05, 0.1) is 17.9 Å². The Bertz CT molecular complexity index is 540. The standard InChI is InChI=1S/C16H20N2O3/c1-3-16(4-2,15(20)21)11-18-14(19)13-7-5-12(6-8-13)9-10-17/h5-8H,3-4,9,11H2,1-2H3,(H,18,19)(H,20,21). The molecule has 1 amide bonds. The number of nitriles is 1. The van der Waals surface area contributed by atoms with E-state index in [-0.39, 0.29) is 12.5 Å². The second-order valence-electron chi connectivity index (χ2n) is 5.01. The molecule has 0 aliphatic carbocycles. The number of carboxylic acids is 1. The number of rotatable bonds is 7. The largest absolute Gasteiger partial charge is 0.481 e. The fourth-order valence-corrected chi connectivity index (χ4v) is 2.09. The molecule has 5 heteroatoms. The summed E-state index contributed by atoms with van der Waals surface area (Å²) < 4.78 is 0. The number of nitrogens with zero attached hydrogens (tertiary/aromatic N) is 1. The molecule has 0 bridgehead atoms. The van der Waals surface area contributed by atoms with E-state index in [1.54, 1.807) is 38.1 Å². The minimum atomic E-state index is -0.920. The molecule has 0 aliphatic rings. The van der Waals surface area contributed by atoms with Crippen LogP contribution in [0, 0.1) is 16.7 Å². The molecule has 1 aromatic rings. The number of nitrogens with one attached hydrogen (secondary N) is 1. The summed E-state index contributed by atoms with van der Waals surface area (Å²) in [6.45, 7) is 3.72. The topological polar surface area (TPSA) is 90.2 Å². The smallest absolute Gasteiger partial charge is 0.311 e. The van der Waals surface area contributed by atoms with Crippen molar-refractivity contribution in [3.8, 4) is 6.07 Å². The van der Waals surface area contributed by atoms with Crippen molar-refractivity contribution in [3.63, 3.8) is 0 Å². The van der Waals surface area contributed by atoms with Crippen molar-refractivity contribution in [1.82, 2.24) is 5.32 Å². The highest BCUT2D eigenvalue weighted by Crippen LogP contribution is 2.25. The molecule has 0 saturated heterocycles. The van der Waals surface area contributed by atoms with E-state index in [2.05, 4.69) is 5.32 Å². The predicted octanol–water partition coefficient (Wildman–Crippen LogP) is 2.37. The maximum Gasteiger partial charge on any atom is 0.311 e. The summed E-state index contributed by atoms with van der Waals surface area (Å²) in [4.78, 5) is 23.4. The average molecular weight is 288 g/mol. The first kappa shape index (κ1) is 16.7. The Kier molecular flexibility index (Phi) is 5.92. The van der Waals surface area contributed by atoms with Gasteiger partial charge >= 0.3 is 5.97 Å². The molecule has 0 fully saturated rings. The normalized spacial score (nSPS) is 10.7. The summed E-state index contributed by atoms with van der Waals surface area (Å²) in [5.41, 5.74) is 0.385. The molecule has 0 heterocycles. The summed E-state index contributed by atoms with van der Waals surface area (Å²) >= 11 is 0. The van der Waals surface area contributed by atoms with Crippen LogP contribution in [-0.4, -0.2) is 23.5 Å².